The lowest BCUT2D eigenvalue weighted by atomic mass is 9.93. The van der Waals surface area contributed by atoms with Crippen molar-refractivity contribution in [3.05, 3.63) is 35.9 Å². The molecule has 1 unspecified atom stereocenters. The molecule has 0 saturated carbocycles. The first-order valence-corrected chi connectivity index (χ1v) is 5.11. The SMILES string of the molecule is C#CCCCC(c1ccccc1)C(F)(F)F. The highest BCUT2D eigenvalue weighted by atomic mass is 19.4. The molecule has 0 bridgehead atoms. The zero-order valence-electron chi connectivity index (χ0n) is 8.80. The van der Waals surface area contributed by atoms with Crippen LogP contribution in [0.3, 0.4) is 0 Å². The second-order valence-corrected chi connectivity index (χ2v) is 3.60. The maximum Gasteiger partial charge on any atom is 0.395 e. The Hall–Kier alpha value is -1.43. The normalized spacial score (nSPS) is 13.1. The minimum atomic E-state index is -4.20. The van der Waals surface area contributed by atoms with Crippen LogP contribution in [0, 0.1) is 12.3 Å². The molecule has 86 valence electrons. The van der Waals surface area contributed by atoms with Crippen LogP contribution in [0.2, 0.25) is 0 Å². The van der Waals surface area contributed by atoms with E-state index in [4.69, 9.17) is 6.42 Å². The predicted octanol–water partition coefficient (Wildman–Crippen LogP) is 4.14. The summed E-state index contributed by atoms with van der Waals surface area (Å²) in [6.45, 7) is 0. The molecule has 1 aromatic carbocycles. The monoisotopic (exact) mass is 226 g/mol. The molecule has 0 N–H and O–H groups in total. The molecule has 16 heavy (non-hydrogen) atoms. The van der Waals surface area contributed by atoms with Crippen molar-refractivity contribution in [3.63, 3.8) is 0 Å². The van der Waals surface area contributed by atoms with Gasteiger partial charge in [0.05, 0.1) is 5.92 Å². The van der Waals surface area contributed by atoms with Gasteiger partial charge in [0.25, 0.3) is 0 Å². The Bertz CT molecular complexity index is 346. The van der Waals surface area contributed by atoms with Gasteiger partial charge in [-0.3, -0.25) is 0 Å². The summed E-state index contributed by atoms with van der Waals surface area (Å²) in [5, 5.41) is 0. The molecule has 0 fully saturated rings. The second kappa shape index (κ2) is 5.60. The van der Waals surface area contributed by atoms with Gasteiger partial charge < -0.3 is 0 Å². The van der Waals surface area contributed by atoms with E-state index < -0.39 is 12.1 Å². The Balaban J connectivity index is 2.77. The first-order valence-electron chi connectivity index (χ1n) is 5.11. The van der Waals surface area contributed by atoms with E-state index >= 15 is 0 Å². The largest absolute Gasteiger partial charge is 0.395 e. The van der Waals surface area contributed by atoms with Crippen LogP contribution in [0.1, 0.15) is 30.7 Å². The molecule has 1 atom stereocenters. The van der Waals surface area contributed by atoms with Gasteiger partial charge in [0.1, 0.15) is 0 Å². The first kappa shape index (κ1) is 12.6. The van der Waals surface area contributed by atoms with E-state index in [1.807, 2.05) is 0 Å². The van der Waals surface area contributed by atoms with Crippen molar-refractivity contribution in [3.8, 4) is 12.3 Å². The van der Waals surface area contributed by atoms with Gasteiger partial charge >= 0.3 is 6.18 Å². The number of unbranched alkanes of at least 4 members (excludes halogenated alkanes) is 1. The molecule has 0 aliphatic carbocycles. The van der Waals surface area contributed by atoms with Crippen LogP contribution in [0.25, 0.3) is 0 Å². The fraction of sp³-hybridized carbons (Fsp3) is 0.385. The number of benzene rings is 1. The second-order valence-electron chi connectivity index (χ2n) is 3.60. The summed E-state index contributed by atoms with van der Waals surface area (Å²) in [6, 6.07) is 7.96. The smallest absolute Gasteiger partial charge is 0.170 e. The molecule has 0 spiro atoms. The zero-order valence-corrected chi connectivity index (χ0v) is 8.80. The van der Waals surface area contributed by atoms with Crippen molar-refractivity contribution >= 4 is 0 Å². The maximum atomic E-state index is 12.8. The molecule has 0 saturated heterocycles. The summed E-state index contributed by atoms with van der Waals surface area (Å²) in [5.41, 5.74) is 0.312. The van der Waals surface area contributed by atoms with E-state index in [9.17, 15) is 13.2 Å². The maximum absolute atomic E-state index is 12.8. The van der Waals surface area contributed by atoms with Crippen molar-refractivity contribution in [2.75, 3.05) is 0 Å². The molecule has 1 aromatic rings. The van der Waals surface area contributed by atoms with Crippen molar-refractivity contribution in [2.24, 2.45) is 0 Å². The molecular weight excluding hydrogens is 213 g/mol. The molecule has 3 heteroatoms. The van der Waals surface area contributed by atoms with Gasteiger partial charge in [-0.25, -0.2) is 0 Å². The minimum absolute atomic E-state index is 0.0533. The molecule has 0 radical (unpaired) electrons. The zero-order chi connectivity index (χ0) is 12.0. The number of alkyl halides is 3. The molecule has 0 aliphatic rings. The number of hydrogen-bond acceptors (Lipinski definition) is 0. The Morgan fingerprint density at radius 1 is 1.19 bits per heavy atom. The van der Waals surface area contributed by atoms with Crippen molar-refractivity contribution in [2.45, 2.75) is 31.4 Å². The third-order valence-corrected chi connectivity index (χ3v) is 2.41. The van der Waals surface area contributed by atoms with Crippen LogP contribution in [0.5, 0.6) is 0 Å². The van der Waals surface area contributed by atoms with E-state index in [1.165, 1.54) is 12.1 Å². The fourth-order valence-electron chi connectivity index (χ4n) is 1.61. The van der Waals surface area contributed by atoms with Crippen LogP contribution in [0.15, 0.2) is 30.3 Å². The van der Waals surface area contributed by atoms with Gasteiger partial charge in [0.15, 0.2) is 0 Å². The number of rotatable bonds is 4. The molecular formula is C13H13F3. The lowest BCUT2D eigenvalue weighted by Gasteiger charge is -2.20. The van der Waals surface area contributed by atoms with E-state index in [0.717, 1.165) is 0 Å². The van der Waals surface area contributed by atoms with E-state index in [0.29, 0.717) is 18.4 Å². The van der Waals surface area contributed by atoms with E-state index in [2.05, 4.69) is 5.92 Å². The van der Waals surface area contributed by atoms with Gasteiger partial charge in [0, 0.05) is 6.42 Å². The Morgan fingerprint density at radius 2 is 1.81 bits per heavy atom. The highest BCUT2D eigenvalue weighted by Crippen LogP contribution is 2.38. The van der Waals surface area contributed by atoms with Crippen molar-refractivity contribution in [1.29, 1.82) is 0 Å². The number of hydrogen-bond donors (Lipinski definition) is 0. The number of terminal acetylenes is 1. The molecule has 0 aromatic heterocycles. The third kappa shape index (κ3) is 3.62. The molecule has 0 nitrogen and oxygen atoms in total. The van der Waals surface area contributed by atoms with Crippen LogP contribution in [-0.4, -0.2) is 6.18 Å². The molecule has 0 heterocycles. The quantitative estimate of drug-likeness (QED) is 0.534. The van der Waals surface area contributed by atoms with Crippen LogP contribution in [0.4, 0.5) is 13.2 Å². The predicted molar refractivity (Wildman–Crippen MR) is 57.9 cm³/mol. The average Bonchev–Trinajstić information content (AvgIpc) is 2.24. The average molecular weight is 226 g/mol. The van der Waals surface area contributed by atoms with Gasteiger partial charge in [-0.1, -0.05) is 30.3 Å². The van der Waals surface area contributed by atoms with Gasteiger partial charge in [-0.15, -0.1) is 12.3 Å². The lowest BCUT2D eigenvalue weighted by molar-refractivity contribution is -0.152. The van der Waals surface area contributed by atoms with Crippen molar-refractivity contribution in [1.82, 2.24) is 0 Å². The van der Waals surface area contributed by atoms with E-state index in [1.54, 1.807) is 18.2 Å². The summed E-state index contributed by atoms with van der Waals surface area (Å²) in [6.07, 6.45) is 1.67. The highest BCUT2D eigenvalue weighted by molar-refractivity contribution is 5.21. The number of halogens is 3. The Kier molecular flexibility index (Phi) is 4.42. The molecule has 0 aliphatic heterocycles. The van der Waals surface area contributed by atoms with Gasteiger partial charge in [-0.2, -0.15) is 13.2 Å². The summed E-state index contributed by atoms with van der Waals surface area (Å²) in [7, 11) is 0. The Labute approximate surface area is 93.5 Å². The lowest BCUT2D eigenvalue weighted by Crippen LogP contribution is -2.20. The fourth-order valence-corrected chi connectivity index (χ4v) is 1.61. The third-order valence-electron chi connectivity index (χ3n) is 2.41. The van der Waals surface area contributed by atoms with Gasteiger partial charge in [0.2, 0.25) is 0 Å². The summed E-state index contributed by atoms with van der Waals surface area (Å²) < 4.78 is 38.3. The Morgan fingerprint density at radius 3 is 2.31 bits per heavy atom. The first-order chi connectivity index (χ1) is 7.55. The highest BCUT2D eigenvalue weighted by Gasteiger charge is 2.39. The van der Waals surface area contributed by atoms with Crippen molar-refractivity contribution < 1.29 is 13.2 Å². The minimum Gasteiger partial charge on any atom is -0.170 e. The van der Waals surface area contributed by atoms with Gasteiger partial charge in [-0.05, 0) is 18.4 Å². The van der Waals surface area contributed by atoms with Crippen LogP contribution >= 0.6 is 0 Å². The summed E-state index contributed by atoms with van der Waals surface area (Å²) >= 11 is 0. The van der Waals surface area contributed by atoms with E-state index in [-0.39, 0.29) is 6.42 Å². The standard InChI is InChI=1S/C13H13F3/c1-2-3-5-10-12(13(14,15)16)11-8-6-4-7-9-11/h1,4,6-9,12H,3,5,10H2. The van der Waals surface area contributed by atoms with Crippen LogP contribution in [-0.2, 0) is 0 Å². The van der Waals surface area contributed by atoms with Crippen LogP contribution < -0.4 is 0 Å². The summed E-state index contributed by atoms with van der Waals surface area (Å²) in [4.78, 5) is 0. The summed E-state index contributed by atoms with van der Waals surface area (Å²) in [5.74, 6) is 0.958. The molecule has 1 rings (SSSR count). The molecule has 0 amide bonds. The topological polar surface area (TPSA) is 0 Å².